The molecular weight excluding hydrogens is 278 g/mol. The highest BCUT2D eigenvalue weighted by Crippen LogP contribution is 2.16. The summed E-state index contributed by atoms with van der Waals surface area (Å²) in [6, 6.07) is 3.83. The van der Waals surface area contributed by atoms with Crippen molar-refractivity contribution < 1.29 is 9.90 Å². The molecule has 2 aromatic rings. The van der Waals surface area contributed by atoms with Crippen LogP contribution in [-0.2, 0) is 6.54 Å². The molecule has 0 unspecified atom stereocenters. The Bertz CT molecular complexity index is 631. The van der Waals surface area contributed by atoms with E-state index in [4.69, 9.17) is 5.11 Å². The highest BCUT2D eigenvalue weighted by molar-refractivity contribution is 7.12. The van der Waals surface area contributed by atoms with Crippen LogP contribution in [0.3, 0.4) is 0 Å². The number of hydrogen-bond donors (Lipinski definition) is 2. The third kappa shape index (κ3) is 3.67. The van der Waals surface area contributed by atoms with Crippen molar-refractivity contribution in [3.05, 3.63) is 43.8 Å². The second kappa shape index (κ2) is 6.53. The van der Waals surface area contributed by atoms with Crippen LogP contribution in [0.25, 0.3) is 0 Å². The number of aryl methyl sites for hydroxylation is 1. The minimum Gasteiger partial charge on any atom is -0.384 e. The maximum Gasteiger partial charge on any atom is 0.252 e. The van der Waals surface area contributed by atoms with Crippen molar-refractivity contribution in [1.29, 1.82) is 0 Å². The first kappa shape index (κ1) is 13.8. The fourth-order valence-electron chi connectivity index (χ4n) is 1.52. The van der Waals surface area contributed by atoms with Crippen LogP contribution in [0.4, 0.5) is 0 Å². The topological polar surface area (TPSA) is 49.3 Å². The predicted octanol–water partition coefficient (Wildman–Crippen LogP) is 2.39. The fraction of sp³-hybridized carbons (Fsp3) is 0.214. The quantitative estimate of drug-likeness (QED) is 0.853. The van der Waals surface area contributed by atoms with Gasteiger partial charge in [-0.1, -0.05) is 11.8 Å². The molecule has 0 saturated heterocycles. The molecule has 0 spiro atoms. The number of nitrogens with one attached hydrogen (secondary N) is 1. The van der Waals surface area contributed by atoms with E-state index in [2.05, 4.69) is 17.2 Å². The van der Waals surface area contributed by atoms with Crippen LogP contribution >= 0.6 is 22.7 Å². The van der Waals surface area contributed by atoms with Gasteiger partial charge >= 0.3 is 0 Å². The Morgan fingerprint density at radius 3 is 2.95 bits per heavy atom. The van der Waals surface area contributed by atoms with Gasteiger partial charge in [0.25, 0.3) is 5.91 Å². The summed E-state index contributed by atoms with van der Waals surface area (Å²) in [6.45, 7) is 2.29. The molecule has 2 N–H and O–H groups in total. The standard InChI is InChI=1S/C14H13NO2S2/c1-10-8-18-9-13(10)14(17)15-7-12-5-4-11(19-12)3-2-6-16/h4-5,8-9,16H,6-7H2,1H3,(H,15,17). The first-order valence-corrected chi connectivity index (χ1v) is 7.46. The largest absolute Gasteiger partial charge is 0.384 e. The molecule has 0 bridgehead atoms. The first-order chi connectivity index (χ1) is 9.20. The molecule has 2 heterocycles. The van der Waals surface area contributed by atoms with E-state index in [1.54, 1.807) is 0 Å². The Hall–Kier alpha value is -1.61. The molecule has 1 amide bonds. The second-order valence-electron chi connectivity index (χ2n) is 3.88. The van der Waals surface area contributed by atoms with Crippen molar-refractivity contribution >= 4 is 28.6 Å². The van der Waals surface area contributed by atoms with Gasteiger partial charge in [0, 0.05) is 10.3 Å². The van der Waals surface area contributed by atoms with Gasteiger partial charge in [-0.15, -0.1) is 11.3 Å². The minimum atomic E-state index is -0.137. The number of carbonyl (C=O) groups excluding carboxylic acids is 1. The lowest BCUT2D eigenvalue weighted by atomic mass is 10.2. The summed E-state index contributed by atoms with van der Waals surface area (Å²) < 4.78 is 0. The SMILES string of the molecule is Cc1cscc1C(=O)NCc1ccc(C#CCO)s1. The number of hydrogen-bond acceptors (Lipinski definition) is 4. The van der Waals surface area contributed by atoms with E-state index in [1.165, 1.54) is 22.7 Å². The Morgan fingerprint density at radius 2 is 2.26 bits per heavy atom. The smallest absolute Gasteiger partial charge is 0.252 e. The van der Waals surface area contributed by atoms with Gasteiger partial charge in [-0.3, -0.25) is 4.79 Å². The van der Waals surface area contributed by atoms with E-state index in [0.29, 0.717) is 6.54 Å². The van der Waals surface area contributed by atoms with Crippen LogP contribution in [0.1, 0.15) is 25.7 Å². The summed E-state index contributed by atoms with van der Waals surface area (Å²) in [7, 11) is 0. The molecule has 3 nitrogen and oxygen atoms in total. The number of thiophene rings is 2. The number of aliphatic hydroxyl groups is 1. The summed E-state index contributed by atoms with van der Waals surface area (Å²) in [4.78, 5) is 13.9. The van der Waals surface area contributed by atoms with Gasteiger partial charge in [0.1, 0.15) is 6.61 Å². The fourth-order valence-corrected chi connectivity index (χ4v) is 3.17. The van der Waals surface area contributed by atoms with Crippen molar-refractivity contribution in [2.75, 3.05) is 6.61 Å². The van der Waals surface area contributed by atoms with Crippen molar-refractivity contribution in [3.63, 3.8) is 0 Å². The van der Waals surface area contributed by atoms with Crippen molar-refractivity contribution in [1.82, 2.24) is 5.32 Å². The predicted molar refractivity (Wildman–Crippen MR) is 78.5 cm³/mol. The monoisotopic (exact) mass is 291 g/mol. The highest BCUT2D eigenvalue weighted by Gasteiger charge is 2.09. The summed E-state index contributed by atoms with van der Waals surface area (Å²) in [5.74, 6) is 5.40. The normalized spacial score (nSPS) is 9.79. The number of amides is 1. The van der Waals surface area contributed by atoms with Crippen LogP contribution < -0.4 is 5.32 Å². The van der Waals surface area contributed by atoms with E-state index in [-0.39, 0.29) is 12.5 Å². The molecule has 98 valence electrons. The van der Waals surface area contributed by atoms with E-state index in [9.17, 15) is 4.79 Å². The van der Waals surface area contributed by atoms with Gasteiger partial charge < -0.3 is 10.4 Å². The van der Waals surface area contributed by atoms with Gasteiger partial charge in [0.15, 0.2) is 0 Å². The van der Waals surface area contributed by atoms with Crippen LogP contribution in [0.5, 0.6) is 0 Å². The van der Waals surface area contributed by atoms with E-state index in [1.807, 2.05) is 29.8 Å². The van der Waals surface area contributed by atoms with E-state index >= 15 is 0 Å². The van der Waals surface area contributed by atoms with Crippen LogP contribution in [0.2, 0.25) is 0 Å². The zero-order valence-electron chi connectivity index (χ0n) is 10.4. The third-order valence-electron chi connectivity index (χ3n) is 2.48. The zero-order valence-corrected chi connectivity index (χ0v) is 12.0. The molecule has 2 rings (SSSR count). The van der Waals surface area contributed by atoms with E-state index in [0.717, 1.165) is 20.9 Å². The van der Waals surface area contributed by atoms with Crippen molar-refractivity contribution in [3.8, 4) is 11.8 Å². The summed E-state index contributed by atoms with van der Waals surface area (Å²) in [5.41, 5.74) is 1.74. The highest BCUT2D eigenvalue weighted by atomic mass is 32.1. The Labute approximate surface area is 119 Å². The van der Waals surface area contributed by atoms with Crippen LogP contribution in [-0.4, -0.2) is 17.6 Å². The molecule has 0 aliphatic carbocycles. The lowest BCUT2D eigenvalue weighted by Crippen LogP contribution is -2.22. The lowest BCUT2D eigenvalue weighted by molar-refractivity contribution is 0.0951. The van der Waals surface area contributed by atoms with Gasteiger partial charge in [-0.2, -0.15) is 11.3 Å². The third-order valence-corrected chi connectivity index (χ3v) is 4.34. The molecule has 2 aromatic heterocycles. The average molecular weight is 291 g/mol. The zero-order chi connectivity index (χ0) is 13.7. The maximum atomic E-state index is 11.9. The summed E-state index contributed by atoms with van der Waals surface area (Å²) in [6.07, 6.45) is 0. The van der Waals surface area contributed by atoms with Gasteiger partial charge in [0.2, 0.25) is 0 Å². The minimum absolute atomic E-state index is 0.0462. The molecule has 0 aromatic carbocycles. The molecule has 0 fully saturated rings. The Kier molecular flexibility index (Phi) is 4.74. The Balaban J connectivity index is 1.94. The van der Waals surface area contributed by atoms with Crippen LogP contribution in [0.15, 0.2) is 22.9 Å². The molecule has 0 radical (unpaired) electrons. The molecule has 0 atom stereocenters. The van der Waals surface area contributed by atoms with Crippen LogP contribution in [0, 0.1) is 18.8 Å². The molecule has 0 aliphatic heterocycles. The molecule has 5 heteroatoms. The molecule has 0 saturated carbocycles. The molecular formula is C14H13NO2S2. The maximum absolute atomic E-state index is 11.9. The molecule has 19 heavy (non-hydrogen) atoms. The number of carbonyl (C=O) groups is 1. The second-order valence-corrected chi connectivity index (χ2v) is 5.79. The summed E-state index contributed by atoms with van der Waals surface area (Å²) in [5, 5.41) is 15.3. The van der Waals surface area contributed by atoms with E-state index < -0.39 is 0 Å². The first-order valence-electron chi connectivity index (χ1n) is 5.70. The average Bonchev–Trinajstić information content (AvgIpc) is 3.02. The van der Waals surface area contributed by atoms with Crippen molar-refractivity contribution in [2.24, 2.45) is 0 Å². The molecule has 0 aliphatic rings. The van der Waals surface area contributed by atoms with Gasteiger partial charge in [-0.25, -0.2) is 0 Å². The van der Waals surface area contributed by atoms with Gasteiger partial charge in [-0.05, 0) is 30.0 Å². The Morgan fingerprint density at radius 1 is 1.42 bits per heavy atom. The summed E-state index contributed by atoms with van der Waals surface area (Å²) >= 11 is 3.05. The lowest BCUT2D eigenvalue weighted by Gasteiger charge is -2.02. The number of rotatable bonds is 3. The van der Waals surface area contributed by atoms with Crippen molar-refractivity contribution in [2.45, 2.75) is 13.5 Å². The number of aliphatic hydroxyl groups excluding tert-OH is 1. The van der Waals surface area contributed by atoms with Gasteiger partial charge in [0.05, 0.1) is 17.0 Å².